The topological polar surface area (TPSA) is 341 Å². The highest BCUT2D eigenvalue weighted by Gasteiger charge is 2.65. The summed E-state index contributed by atoms with van der Waals surface area (Å²) in [5, 5.41) is 76.4. The molecule has 6 aromatic rings. The number of aliphatic hydroxyl groups is 1. The molecule has 766 valence electrons. The number of likely N-dealkylation sites (N-methyl/N-ethyl adjacent to an activating group) is 2. The number of nitriles is 1. The number of thioether (sulfide) groups is 2. The number of nitrogens with zero attached hydrogens (tertiary/aromatic N) is 5. The summed E-state index contributed by atoms with van der Waals surface area (Å²) in [6, 6.07) is 8.58. The van der Waals surface area contributed by atoms with Crippen LogP contribution in [-0.2, 0) is 65.4 Å². The first-order valence-electron chi connectivity index (χ1n) is 50.5. The smallest absolute Gasteiger partial charge is 0.331 e. The molecular weight excluding hydrogens is 1820 g/mol. The highest BCUT2D eigenvalue weighted by atomic mass is 32.2. The van der Waals surface area contributed by atoms with Crippen LogP contribution in [0, 0.1) is 39.0 Å². The molecular formula is C110H153N7O21S2. The standard InChI is InChI=1S/C54H70N4O10S.C53H71N3O11S.3CH4/c1-7-8-9-10-11-12-13-14-15-16-17-18-19-20-41(60)68-49-32(3)50-51(67-30-66-50)43-38-28-65-53(62)54(35-26-40(63-5)39(59)25-33(35)21-22-56-54)29-69-52(44(43)49)46-45-42-34(23-31(2)48(64-6)47(42)61)24-36(57(45)4)37(27-55)58(38)46;1-7-8-9-10-11-12-13-14-15-16-17-18-19-20-39(58)67-47-31(3)48-49(66-29-65-48)41-36-27-64-52(61)53(34-26-38(62-5)37(57)25-32(34)21-22-54-53)28-68-50(42(41)47)44-43-40-33(23-30(2)46(63-6)45(40)59)24-35(55(43)4)51(60)56(36)44;;;/h23,25-26,36-38,45-46,52,56,59,61H,7-22,24,28-30H2,1-6H3;23,25-26,35-36,43-44,50-51,54,57,59-60H,7-22,24,27-29H2,1-6H3;3*1H4/t36-,37-,38-,45+,46?,52+,54+;35-,36-,43+,44?,50+,51-,53+;;;/m00.../s1. The number of aromatic hydroxyl groups is 4. The zero-order valence-electron chi connectivity index (χ0n) is 82.0. The van der Waals surface area contributed by atoms with Crippen LogP contribution in [-0.4, -0.2) is 199 Å². The molecule has 140 heavy (non-hydrogen) atoms. The summed E-state index contributed by atoms with van der Waals surface area (Å²) in [6.45, 7) is 12.5. The lowest BCUT2D eigenvalue weighted by molar-refractivity contribution is -0.186. The number of aryl methyl sites for hydroxylation is 2. The molecule has 0 aromatic heterocycles. The maximum absolute atomic E-state index is 15.0. The van der Waals surface area contributed by atoms with E-state index in [-0.39, 0.29) is 126 Å². The maximum Gasteiger partial charge on any atom is 0.331 e. The van der Waals surface area contributed by atoms with Crippen molar-refractivity contribution in [1.29, 1.82) is 5.26 Å². The van der Waals surface area contributed by atoms with E-state index in [1.165, 1.54) is 153 Å². The zero-order valence-corrected chi connectivity index (χ0v) is 83.6. The van der Waals surface area contributed by atoms with Crippen molar-refractivity contribution in [3.8, 4) is 86.6 Å². The molecule has 20 rings (SSSR count). The molecule has 2 unspecified atom stereocenters. The minimum atomic E-state index is -1.37. The molecule has 0 radical (unpaired) electrons. The van der Waals surface area contributed by atoms with Crippen LogP contribution in [0.25, 0.3) is 0 Å². The number of ether oxygens (including phenoxy) is 12. The lowest BCUT2D eigenvalue weighted by Crippen LogP contribution is -2.70. The second-order valence-corrected chi connectivity index (χ2v) is 42.0. The summed E-state index contributed by atoms with van der Waals surface area (Å²) >= 11 is 3.02. The number of fused-ring (bicyclic) bond motifs is 18. The van der Waals surface area contributed by atoms with Crippen LogP contribution in [0.2, 0.25) is 0 Å². The number of carbonyl (C=O) groups is 4. The molecule has 0 saturated carbocycles. The number of nitrogens with one attached hydrogen (secondary N) is 2. The van der Waals surface area contributed by atoms with Crippen LogP contribution in [0.4, 0.5) is 0 Å². The Morgan fingerprint density at radius 3 is 1.21 bits per heavy atom. The van der Waals surface area contributed by atoms with E-state index in [2.05, 4.69) is 62.3 Å². The summed E-state index contributed by atoms with van der Waals surface area (Å²) in [4.78, 5) is 67.0. The predicted octanol–water partition coefficient (Wildman–Crippen LogP) is 20.2. The van der Waals surface area contributed by atoms with E-state index in [0.717, 1.165) is 88.6 Å². The summed E-state index contributed by atoms with van der Waals surface area (Å²) in [5.41, 5.74) is 9.10. The van der Waals surface area contributed by atoms with Gasteiger partial charge in [-0.25, -0.2) is 9.59 Å². The Hall–Kier alpha value is -9.29. The van der Waals surface area contributed by atoms with Gasteiger partial charge in [0, 0.05) is 100 Å². The summed E-state index contributed by atoms with van der Waals surface area (Å²) < 4.78 is 74.3. The van der Waals surface area contributed by atoms with Gasteiger partial charge in [0.1, 0.15) is 37.0 Å². The number of carbonyl (C=O) groups excluding carboxylic acids is 4. The molecule has 4 fully saturated rings. The maximum atomic E-state index is 15.0. The largest absolute Gasteiger partial charge is 0.504 e. The number of hydrogen-bond donors (Lipinski definition) is 7. The third kappa shape index (κ3) is 19.7. The summed E-state index contributed by atoms with van der Waals surface area (Å²) in [5.74, 6) is 2.63. The van der Waals surface area contributed by atoms with Gasteiger partial charge in [0.2, 0.25) is 13.6 Å². The van der Waals surface area contributed by atoms with Crippen LogP contribution in [0.1, 0.15) is 340 Å². The lowest BCUT2D eigenvalue weighted by Gasteiger charge is -2.62. The first-order chi connectivity index (χ1) is 66.4. The first kappa shape index (κ1) is 106. The number of unbranched alkanes of at least 4 members (excludes halogenated alkanes) is 24. The zero-order chi connectivity index (χ0) is 96.4. The molecule has 0 aliphatic carbocycles. The molecule has 4 saturated heterocycles. The second-order valence-electron chi connectivity index (χ2n) is 39.8. The van der Waals surface area contributed by atoms with Gasteiger partial charge in [-0.2, -0.15) is 5.26 Å². The van der Waals surface area contributed by atoms with Crippen molar-refractivity contribution in [2.75, 3.05) is 93.9 Å². The van der Waals surface area contributed by atoms with Crippen molar-refractivity contribution in [2.24, 2.45) is 0 Å². The van der Waals surface area contributed by atoms with E-state index in [9.17, 15) is 45.2 Å². The Morgan fingerprint density at radius 1 is 0.464 bits per heavy atom. The fourth-order valence-corrected chi connectivity index (χ4v) is 28.2. The number of hydrogen-bond acceptors (Lipinski definition) is 30. The lowest BCUT2D eigenvalue weighted by atomic mass is 9.71. The van der Waals surface area contributed by atoms with E-state index in [1.54, 1.807) is 38.5 Å². The van der Waals surface area contributed by atoms with Gasteiger partial charge < -0.3 is 82.4 Å². The first-order valence-corrected chi connectivity index (χ1v) is 52.6. The highest BCUT2D eigenvalue weighted by molar-refractivity contribution is 7.99. The molecule has 7 N–H and O–H groups in total. The quantitative estimate of drug-likeness (QED) is 0.0112. The summed E-state index contributed by atoms with van der Waals surface area (Å²) in [6.07, 6.45) is 32.7. The third-order valence-electron chi connectivity index (χ3n) is 31.6. The molecule has 0 amide bonds. The van der Waals surface area contributed by atoms with E-state index >= 15 is 4.79 Å². The number of piperazine rings is 2. The van der Waals surface area contributed by atoms with E-state index < -0.39 is 88.1 Å². The van der Waals surface area contributed by atoms with E-state index in [1.807, 2.05) is 41.8 Å². The molecule has 6 aromatic carbocycles. The fourth-order valence-electron chi connectivity index (χ4n) is 24.8. The van der Waals surface area contributed by atoms with Crippen LogP contribution in [0.3, 0.4) is 0 Å². The number of benzene rings is 6. The number of aliphatic hydroxyl groups excluding tert-OH is 1. The second kappa shape index (κ2) is 46.2. The van der Waals surface area contributed by atoms with Gasteiger partial charge in [-0.15, -0.1) is 23.5 Å². The minimum absolute atomic E-state index is 0. The van der Waals surface area contributed by atoms with Gasteiger partial charge in [0.05, 0.1) is 75.2 Å². The third-order valence-corrected chi connectivity index (χ3v) is 34.6. The van der Waals surface area contributed by atoms with Crippen LogP contribution in [0.15, 0.2) is 36.4 Å². The Kier molecular flexibility index (Phi) is 35.1. The van der Waals surface area contributed by atoms with Gasteiger partial charge in [-0.05, 0) is 149 Å². The van der Waals surface area contributed by atoms with Crippen LogP contribution >= 0.6 is 23.5 Å². The van der Waals surface area contributed by atoms with E-state index in [4.69, 9.17) is 56.8 Å². The molecule has 28 nitrogen and oxygen atoms in total. The molecule has 14 aliphatic heterocycles. The van der Waals surface area contributed by atoms with Crippen molar-refractivity contribution in [3.05, 3.63) is 125 Å². The highest BCUT2D eigenvalue weighted by Crippen LogP contribution is 2.68. The average molecular weight is 1970 g/mol. The fraction of sp³-hybridized carbons (Fsp3) is 0.627. The molecule has 14 atom stereocenters. The van der Waals surface area contributed by atoms with Crippen molar-refractivity contribution < 1.29 is 102 Å². The van der Waals surface area contributed by atoms with Gasteiger partial charge in [0.15, 0.2) is 80.1 Å². The normalized spacial score (nSPS) is 25.1. The van der Waals surface area contributed by atoms with Crippen LogP contribution in [0.5, 0.6) is 80.5 Å². The van der Waals surface area contributed by atoms with Crippen molar-refractivity contribution in [1.82, 2.24) is 30.2 Å². The van der Waals surface area contributed by atoms with Crippen molar-refractivity contribution in [2.45, 2.75) is 351 Å². The van der Waals surface area contributed by atoms with Crippen molar-refractivity contribution in [3.63, 3.8) is 0 Å². The SMILES string of the molecule is C.C.C.CCCCCCCCCCCCCCCC(=O)Oc1c(C)c2c(c3c1[C@H]1SC[C@]4(NCCc5cc(O)c(OC)cc54)C(=O)OC[C@@H]3N3C1[C@H]1c4c(cc(C)c(OC)c4O)C[C@@H]([C@@H]3C#N)N1C)OCO2.CCCCCCCCCCCCCCCC(=O)Oc1c(C)c2c(c3c1[C@H]1SC[C@]4(NCCc5cc(O)c(OC)cc54)C(=O)OC[C@@H]3N3C1[C@H]1c4c(cc(C)c(OC)c4O)C[C@@H]([C@@H]3O)N1C)OCO2. The van der Waals surface area contributed by atoms with Gasteiger partial charge in [0.25, 0.3) is 0 Å². The average Bonchev–Trinajstić information content (AvgIpc) is 1.31. The number of phenols is 4. The predicted molar refractivity (Wildman–Crippen MR) is 542 cm³/mol. The van der Waals surface area contributed by atoms with Gasteiger partial charge in [-0.3, -0.25) is 39.8 Å². The minimum Gasteiger partial charge on any atom is -0.504 e. The Morgan fingerprint density at radius 2 is 0.829 bits per heavy atom. The summed E-state index contributed by atoms with van der Waals surface area (Å²) in [7, 11) is 10.1. The molecule has 8 bridgehead atoms. The molecule has 2 spiro atoms. The Balaban J connectivity index is 0.000000218. The van der Waals surface area contributed by atoms with Gasteiger partial charge >= 0.3 is 23.9 Å². The monoisotopic (exact) mass is 1970 g/mol. The Labute approximate surface area is 836 Å². The number of methoxy groups -OCH3 is 4. The van der Waals surface area contributed by atoms with E-state index in [0.29, 0.717) is 137 Å². The Bertz CT molecular complexity index is 5520. The molecule has 30 heteroatoms. The van der Waals surface area contributed by atoms with Crippen LogP contribution < -0.4 is 58.0 Å². The molecule has 14 heterocycles. The number of esters is 4. The number of rotatable bonds is 34. The number of phenolic OH excluding ortho intramolecular Hbond substituents is 4. The van der Waals surface area contributed by atoms with Crippen molar-refractivity contribution >= 4 is 47.4 Å². The van der Waals surface area contributed by atoms with Gasteiger partial charge in [-0.1, -0.05) is 202 Å². The molecule has 14 aliphatic rings.